The molecule has 26 heavy (non-hydrogen) atoms. The van der Waals surface area contributed by atoms with Gasteiger partial charge in [0.15, 0.2) is 0 Å². The lowest BCUT2D eigenvalue weighted by molar-refractivity contribution is 0.0746. The molecule has 1 saturated heterocycles. The standard InChI is InChI=1S/C22H28N2O2/c1-22(2,3)18-7-9-19(10-8-18)23-13-15-24(16-14-23)21(25)17-5-11-20(26-4)12-6-17/h5-12H,13-16H2,1-4H3. The Morgan fingerprint density at radius 3 is 1.96 bits per heavy atom. The lowest BCUT2D eigenvalue weighted by atomic mass is 9.87. The van der Waals surface area contributed by atoms with Gasteiger partial charge in [-0.05, 0) is 47.4 Å². The van der Waals surface area contributed by atoms with Crippen LogP contribution >= 0.6 is 0 Å². The largest absolute Gasteiger partial charge is 0.497 e. The SMILES string of the molecule is COc1ccc(C(=O)N2CCN(c3ccc(C(C)(C)C)cc3)CC2)cc1. The summed E-state index contributed by atoms with van der Waals surface area (Å²) in [5.41, 5.74) is 3.46. The van der Waals surface area contributed by atoms with E-state index in [1.165, 1.54) is 11.3 Å². The normalized spacial score (nSPS) is 15.1. The molecule has 138 valence electrons. The van der Waals surface area contributed by atoms with Crippen LogP contribution < -0.4 is 9.64 Å². The summed E-state index contributed by atoms with van der Waals surface area (Å²) in [6.45, 7) is 9.88. The average Bonchev–Trinajstić information content (AvgIpc) is 2.67. The molecule has 0 radical (unpaired) electrons. The van der Waals surface area contributed by atoms with Gasteiger partial charge in [0.25, 0.3) is 5.91 Å². The van der Waals surface area contributed by atoms with E-state index in [1.54, 1.807) is 7.11 Å². The number of ether oxygens (including phenoxy) is 1. The number of rotatable bonds is 3. The summed E-state index contributed by atoms with van der Waals surface area (Å²) in [6, 6.07) is 16.1. The Bertz CT molecular complexity index is 737. The fourth-order valence-electron chi connectivity index (χ4n) is 3.26. The van der Waals surface area contributed by atoms with Gasteiger partial charge in [0.2, 0.25) is 0 Å². The summed E-state index contributed by atoms with van der Waals surface area (Å²) >= 11 is 0. The molecule has 1 amide bonds. The maximum atomic E-state index is 12.7. The van der Waals surface area contributed by atoms with Gasteiger partial charge >= 0.3 is 0 Å². The number of hydrogen-bond donors (Lipinski definition) is 0. The van der Waals surface area contributed by atoms with Crippen molar-refractivity contribution in [3.63, 3.8) is 0 Å². The molecule has 0 spiro atoms. The molecule has 0 aliphatic carbocycles. The van der Waals surface area contributed by atoms with Crippen LogP contribution in [0.4, 0.5) is 5.69 Å². The zero-order chi connectivity index (χ0) is 18.7. The molecule has 1 heterocycles. The Morgan fingerprint density at radius 1 is 0.885 bits per heavy atom. The highest BCUT2D eigenvalue weighted by Gasteiger charge is 2.22. The van der Waals surface area contributed by atoms with Crippen LogP contribution in [0.3, 0.4) is 0 Å². The van der Waals surface area contributed by atoms with Crippen molar-refractivity contribution in [2.45, 2.75) is 26.2 Å². The first-order chi connectivity index (χ1) is 12.4. The second kappa shape index (κ2) is 7.40. The zero-order valence-electron chi connectivity index (χ0n) is 16.2. The second-order valence-electron chi connectivity index (χ2n) is 7.80. The monoisotopic (exact) mass is 352 g/mol. The minimum Gasteiger partial charge on any atom is -0.497 e. The molecule has 1 aliphatic heterocycles. The molecular weight excluding hydrogens is 324 g/mol. The van der Waals surface area contributed by atoms with Gasteiger partial charge in [-0.25, -0.2) is 0 Å². The van der Waals surface area contributed by atoms with Crippen molar-refractivity contribution in [2.24, 2.45) is 0 Å². The second-order valence-corrected chi connectivity index (χ2v) is 7.80. The third kappa shape index (κ3) is 4.01. The Hall–Kier alpha value is -2.49. The topological polar surface area (TPSA) is 32.8 Å². The molecule has 2 aromatic carbocycles. The fraction of sp³-hybridized carbons (Fsp3) is 0.409. The first-order valence-electron chi connectivity index (χ1n) is 9.17. The fourth-order valence-corrected chi connectivity index (χ4v) is 3.26. The molecule has 4 heteroatoms. The molecule has 0 unspecified atom stereocenters. The summed E-state index contributed by atoms with van der Waals surface area (Å²) in [6.07, 6.45) is 0. The van der Waals surface area contributed by atoms with Crippen molar-refractivity contribution in [1.82, 2.24) is 4.90 Å². The molecule has 0 aromatic heterocycles. The molecule has 0 bridgehead atoms. The summed E-state index contributed by atoms with van der Waals surface area (Å²) in [7, 11) is 1.63. The Labute approximate surface area is 156 Å². The van der Waals surface area contributed by atoms with E-state index in [0.717, 1.165) is 31.9 Å². The number of amides is 1. The molecule has 3 rings (SSSR count). The van der Waals surface area contributed by atoms with Gasteiger partial charge in [-0.2, -0.15) is 0 Å². The quantitative estimate of drug-likeness (QED) is 0.838. The predicted molar refractivity (Wildman–Crippen MR) is 106 cm³/mol. The number of nitrogens with zero attached hydrogens (tertiary/aromatic N) is 2. The van der Waals surface area contributed by atoms with E-state index in [4.69, 9.17) is 4.74 Å². The van der Waals surface area contributed by atoms with E-state index in [2.05, 4.69) is 49.9 Å². The van der Waals surface area contributed by atoms with Crippen LogP contribution in [0.15, 0.2) is 48.5 Å². The summed E-state index contributed by atoms with van der Waals surface area (Å²) in [5, 5.41) is 0. The maximum absolute atomic E-state index is 12.7. The van der Waals surface area contributed by atoms with Crippen molar-refractivity contribution in [3.05, 3.63) is 59.7 Å². The van der Waals surface area contributed by atoms with Crippen LogP contribution in [0, 0.1) is 0 Å². The van der Waals surface area contributed by atoms with Gasteiger partial charge < -0.3 is 14.5 Å². The van der Waals surface area contributed by atoms with Crippen LogP contribution in [0.25, 0.3) is 0 Å². The third-order valence-electron chi connectivity index (χ3n) is 5.00. The smallest absolute Gasteiger partial charge is 0.253 e. The number of benzene rings is 2. The molecular formula is C22H28N2O2. The van der Waals surface area contributed by atoms with E-state index in [-0.39, 0.29) is 11.3 Å². The van der Waals surface area contributed by atoms with Gasteiger partial charge in [0.1, 0.15) is 5.75 Å². The zero-order valence-corrected chi connectivity index (χ0v) is 16.2. The molecule has 0 atom stereocenters. The lowest BCUT2D eigenvalue weighted by Gasteiger charge is -2.36. The van der Waals surface area contributed by atoms with Crippen LogP contribution in [-0.2, 0) is 5.41 Å². The van der Waals surface area contributed by atoms with Crippen LogP contribution in [0.2, 0.25) is 0 Å². The number of hydrogen-bond acceptors (Lipinski definition) is 3. The van der Waals surface area contributed by atoms with E-state index in [9.17, 15) is 4.79 Å². The number of carbonyl (C=O) groups is 1. The number of piperazine rings is 1. The average molecular weight is 352 g/mol. The Morgan fingerprint density at radius 2 is 1.46 bits per heavy atom. The highest BCUT2D eigenvalue weighted by Crippen LogP contribution is 2.25. The van der Waals surface area contributed by atoms with Crippen molar-refractivity contribution in [1.29, 1.82) is 0 Å². The van der Waals surface area contributed by atoms with Crippen molar-refractivity contribution in [3.8, 4) is 5.75 Å². The summed E-state index contributed by atoms with van der Waals surface area (Å²) in [4.78, 5) is 16.9. The minimum absolute atomic E-state index is 0.0929. The first kappa shape index (κ1) is 18.3. The maximum Gasteiger partial charge on any atom is 0.253 e. The molecule has 1 aliphatic rings. The minimum atomic E-state index is 0.0929. The molecule has 1 fully saturated rings. The Balaban J connectivity index is 1.60. The van der Waals surface area contributed by atoms with Crippen LogP contribution in [0.5, 0.6) is 5.75 Å². The Kier molecular flexibility index (Phi) is 5.21. The number of methoxy groups -OCH3 is 1. The van der Waals surface area contributed by atoms with E-state index < -0.39 is 0 Å². The summed E-state index contributed by atoms with van der Waals surface area (Å²) in [5.74, 6) is 0.862. The van der Waals surface area contributed by atoms with Gasteiger partial charge in [0, 0.05) is 37.4 Å². The molecule has 0 saturated carbocycles. The van der Waals surface area contributed by atoms with Crippen molar-refractivity contribution >= 4 is 11.6 Å². The molecule has 4 nitrogen and oxygen atoms in total. The van der Waals surface area contributed by atoms with Gasteiger partial charge in [-0.3, -0.25) is 4.79 Å². The lowest BCUT2D eigenvalue weighted by Crippen LogP contribution is -2.48. The van der Waals surface area contributed by atoms with Gasteiger partial charge in [0.05, 0.1) is 7.11 Å². The van der Waals surface area contributed by atoms with Gasteiger partial charge in [-0.1, -0.05) is 32.9 Å². The predicted octanol–water partition coefficient (Wildman–Crippen LogP) is 3.96. The van der Waals surface area contributed by atoms with Crippen molar-refractivity contribution < 1.29 is 9.53 Å². The van der Waals surface area contributed by atoms with Gasteiger partial charge in [-0.15, -0.1) is 0 Å². The van der Waals surface area contributed by atoms with Crippen LogP contribution in [0.1, 0.15) is 36.7 Å². The highest BCUT2D eigenvalue weighted by molar-refractivity contribution is 5.94. The van der Waals surface area contributed by atoms with E-state index in [1.807, 2.05) is 29.2 Å². The van der Waals surface area contributed by atoms with E-state index in [0.29, 0.717) is 5.56 Å². The summed E-state index contributed by atoms with van der Waals surface area (Å²) < 4.78 is 5.16. The first-order valence-corrected chi connectivity index (χ1v) is 9.17. The highest BCUT2D eigenvalue weighted by atomic mass is 16.5. The van der Waals surface area contributed by atoms with E-state index >= 15 is 0 Å². The van der Waals surface area contributed by atoms with Crippen molar-refractivity contribution in [2.75, 3.05) is 38.2 Å². The third-order valence-corrected chi connectivity index (χ3v) is 5.00. The molecule has 2 aromatic rings. The molecule has 0 N–H and O–H groups in total. The number of anilines is 1. The van der Waals surface area contributed by atoms with Crippen LogP contribution in [-0.4, -0.2) is 44.1 Å². The number of carbonyl (C=O) groups excluding carboxylic acids is 1.